The lowest BCUT2D eigenvalue weighted by atomic mass is 9.98. The molecule has 2 aromatic rings. The second kappa shape index (κ2) is 11.7. The fourth-order valence-corrected chi connectivity index (χ4v) is 4.74. The van der Waals surface area contributed by atoms with Gasteiger partial charge in [0.25, 0.3) is 0 Å². The van der Waals surface area contributed by atoms with Gasteiger partial charge in [-0.3, -0.25) is 9.79 Å². The Kier molecular flexibility index (Phi) is 8.95. The highest BCUT2D eigenvalue weighted by atomic mass is 127. The molecule has 7 nitrogen and oxygen atoms in total. The molecule has 1 aromatic carbocycles. The number of hydrogen-bond donors (Lipinski definition) is 1. The molecule has 3 heterocycles. The summed E-state index contributed by atoms with van der Waals surface area (Å²) in [7, 11) is 1.86. The number of unbranched alkanes of at least 4 members (excludes halogenated alkanes) is 1. The molecule has 1 aromatic heterocycles. The van der Waals surface area contributed by atoms with Crippen LogP contribution < -0.4 is 10.2 Å². The number of anilines is 1. The molecule has 0 saturated carbocycles. The molecular formula is C24H35IN6O. The van der Waals surface area contributed by atoms with E-state index in [1.165, 1.54) is 11.3 Å². The number of rotatable bonds is 8. The Morgan fingerprint density at radius 1 is 1.25 bits per heavy atom. The van der Waals surface area contributed by atoms with Gasteiger partial charge in [0.15, 0.2) is 5.96 Å². The average Bonchev–Trinajstić information content (AvgIpc) is 3.48. The average molecular weight is 550 g/mol. The Hall–Kier alpha value is -2.10. The number of halogens is 1. The first-order valence-corrected chi connectivity index (χ1v) is 11.5. The van der Waals surface area contributed by atoms with Gasteiger partial charge in [0.2, 0.25) is 5.91 Å². The van der Waals surface area contributed by atoms with E-state index in [2.05, 4.69) is 49.0 Å². The van der Waals surface area contributed by atoms with E-state index in [1.54, 1.807) is 0 Å². The summed E-state index contributed by atoms with van der Waals surface area (Å²) in [5.74, 6) is 2.74. The normalized spacial score (nSPS) is 18.1. The summed E-state index contributed by atoms with van der Waals surface area (Å²) in [5, 5.41) is 3.56. The first kappa shape index (κ1) is 24.5. The number of imidazole rings is 1. The number of hydrogen-bond acceptors (Lipinski definition) is 3. The number of amides is 1. The molecule has 2 aliphatic heterocycles. The number of aryl methyl sites for hydroxylation is 2. The highest BCUT2D eigenvalue weighted by Crippen LogP contribution is 2.38. The van der Waals surface area contributed by atoms with Crippen LogP contribution in [0.5, 0.6) is 0 Å². The van der Waals surface area contributed by atoms with Gasteiger partial charge in [-0.25, -0.2) is 4.98 Å². The molecule has 174 valence electrons. The third-order valence-corrected chi connectivity index (χ3v) is 6.49. The van der Waals surface area contributed by atoms with Gasteiger partial charge in [0.1, 0.15) is 5.82 Å². The quantitative estimate of drug-likeness (QED) is 0.235. The Balaban J connectivity index is 0.00000289. The summed E-state index contributed by atoms with van der Waals surface area (Å²) >= 11 is 0. The molecule has 1 amide bonds. The van der Waals surface area contributed by atoms with E-state index >= 15 is 0 Å². The second-order valence-corrected chi connectivity index (χ2v) is 8.49. The van der Waals surface area contributed by atoms with Crippen molar-refractivity contribution < 1.29 is 4.79 Å². The molecule has 4 rings (SSSR count). The Morgan fingerprint density at radius 3 is 2.81 bits per heavy atom. The predicted octanol–water partition coefficient (Wildman–Crippen LogP) is 3.78. The zero-order valence-corrected chi connectivity index (χ0v) is 21.5. The molecule has 8 heteroatoms. The molecule has 0 spiro atoms. The van der Waals surface area contributed by atoms with Crippen LogP contribution in [0.1, 0.15) is 49.4 Å². The number of nitrogens with one attached hydrogen (secondary N) is 1. The van der Waals surface area contributed by atoms with Crippen LogP contribution in [-0.4, -0.2) is 59.5 Å². The molecular weight excluding hydrogens is 515 g/mol. The SMILES string of the molecule is CN=C(NCCCCn1ccnc1C)N1CC(CCN2CCCC2=O)c2ccccc21.I. The molecule has 2 aliphatic rings. The van der Waals surface area contributed by atoms with E-state index in [0.717, 1.165) is 70.2 Å². The van der Waals surface area contributed by atoms with Gasteiger partial charge in [0, 0.05) is 70.2 Å². The van der Waals surface area contributed by atoms with Gasteiger partial charge in [-0.05, 0) is 44.2 Å². The number of benzene rings is 1. The van der Waals surface area contributed by atoms with Crippen molar-refractivity contribution in [3.05, 3.63) is 48.0 Å². The number of likely N-dealkylation sites (tertiary alicyclic amines) is 1. The number of aromatic nitrogens is 2. The van der Waals surface area contributed by atoms with Crippen molar-refractivity contribution in [3.8, 4) is 0 Å². The fourth-order valence-electron chi connectivity index (χ4n) is 4.74. The number of guanidine groups is 1. The van der Waals surface area contributed by atoms with Gasteiger partial charge in [-0.15, -0.1) is 24.0 Å². The van der Waals surface area contributed by atoms with Crippen LogP contribution in [0.3, 0.4) is 0 Å². The highest BCUT2D eigenvalue weighted by Gasteiger charge is 2.31. The number of aliphatic imine (C=N–C) groups is 1. The number of carbonyl (C=O) groups excluding carboxylic acids is 1. The van der Waals surface area contributed by atoms with E-state index in [-0.39, 0.29) is 24.0 Å². The molecule has 0 radical (unpaired) electrons. The fraction of sp³-hybridized carbons (Fsp3) is 0.542. The minimum Gasteiger partial charge on any atom is -0.356 e. The van der Waals surface area contributed by atoms with Crippen molar-refractivity contribution in [2.24, 2.45) is 4.99 Å². The van der Waals surface area contributed by atoms with Gasteiger partial charge in [-0.2, -0.15) is 0 Å². The molecule has 1 N–H and O–H groups in total. The first-order chi connectivity index (χ1) is 15.2. The van der Waals surface area contributed by atoms with Gasteiger partial charge < -0.3 is 19.7 Å². The number of nitrogens with zero attached hydrogens (tertiary/aromatic N) is 5. The van der Waals surface area contributed by atoms with Gasteiger partial charge >= 0.3 is 0 Å². The van der Waals surface area contributed by atoms with Crippen molar-refractivity contribution in [1.82, 2.24) is 19.8 Å². The van der Waals surface area contributed by atoms with Crippen LogP contribution in [-0.2, 0) is 11.3 Å². The van der Waals surface area contributed by atoms with Crippen LogP contribution in [0.4, 0.5) is 5.69 Å². The van der Waals surface area contributed by atoms with E-state index in [4.69, 9.17) is 0 Å². The summed E-state index contributed by atoms with van der Waals surface area (Å²) in [6.07, 6.45) is 8.79. The van der Waals surface area contributed by atoms with Crippen LogP contribution in [0.15, 0.2) is 41.7 Å². The van der Waals surface area contributed by atoms with Crippen molar-refractivity contribution >= 4 is 41.5 Å². The predicted molar refractivity (Wildman–Crippen MR) is 140 cm³/mol. The zero-order valence-electron chi connectivity index (χ0n) is 19.2. The molecule has 1 unspecified atom stereocenters. The van der Waals surface area contributed by atoms with Gasteiger partial charge in [0.05, 0.1) is 0 Å². The molecule has 0 aliphatic carbocycles. The zero-order chi connectivity index (χ0) is 21.6. The summed E-state index contributed by atoms with van der Waals surface area (Å²) < 4.78 is 2.20. The highest BCUT2D eigenvalue weighted by molar-refractivity contribution is 14.0. The van der Waals surface area contributed by atoms with Crippen molar-refractivity contribution in [3.63, 3.8) is 0 Å². The van der Waals surface area contributed by atoms with Crippen LogP contribution in [0.2, 0.25) is 0 Å². The molecule has 1 atom stereocenters. The maximum absolute atomic E-state index is 12.0. The van der Waals surface area contributed by atoms with E-state index < -0.39 is 0 Å². The number of fused-ring (bicyclic) bond motifs is 1. The summed E-state index contributed by atoms with van der Waals surface area (Å²) in [6.45, 7) is 6.61. The summed E-state index contributed by atoms with van der Waals surface area (Å²) in [6, 6.07) is 8.63. The maximum atomic E-state index is 12.0. The lowest BCUT2D eigenvalue weighted by Crippen LogP contribution is -2.41. The minimum absolute atomic E-state index is 0. The number of para-hydroxylation sites is 1. The van der Waals surface area contributed by atoms with Crippen LogP contribution >= 0.6 is 24.0 Å². The lowest BCUT2D eigenvalue weighted by Gasteiger charge is -2.23. The Bertz CT molecular complexity index is 927. The van der Waals surface area contributed by atoms with E-state index in [9.17, 15) is 4.79 Å². The largest absolute Gasteiger partial charge is 0.356 e. The molecule has 1 fully saturated rings. The molecule has 0 bridgehead atoms. The molecule has 1 saturated heterocycles. The lowest BCUT2D eigenvalue weighted by molar-refractivity contribution is -0.127. The third-order valence-electron chi connectivity index (χ3n) is 6.49. The number of carbonyl (C=O) groups is 1. The third kappa shape index (κ3) is 5.63. The van der Waals surface area contributed by atoms with Crippen molar-refractivity contribution in [2.75, 3.05) is 38.1 Å². The molecule has 32 heavy (non-hydrogen) atoms. The standard InChI is InChI=1S/C24H34N6O.HI/c1-19-26-13-17-28(19)14-6-5-12-27-24(25-2)30-18-20(21-8-3-4-9-22(21)30)11-16-29-15-7-10-23(29)31;/h3-4,8-9,13,17,20H,5-7,10-12,14-16,18H2,1-2H3,(H,25,27);1H. The Morgan fingerprint density at radius 2 is 2.09 bits per heavy atom. The Labute approximate surface area is 208 Å². The topological polar surface area (TPSA) is 65.8 Å². The maximum Gasteiger partial charge on any atom is 0.222 e. The summed E-state index contributed by atoms with van der Waals surface area (Å²) in [4.78, 5) is 25.2. The van der Waals surface area contributed by atoms with Crippen LogP contribution in [0, 0.1) is 6.92 Å². The second-order valence-electron chi connectivity index (χ2n) is 8.49. The minimum atomic E-state index is 0. The van der Waals surface area contributed by atoms with Crippen LogP contribution in [0.25, 0.3) is 0 Å². The van der Waals surface area contributed by atoms with E-state index in [1.807, 2.05) is 31.3 Å². The van der Waals surface area contributed by atoms with Crippen molar-refractivity contribution in [1.29, 1.82) is 0 Å². The summed E-state index contributed by atoms with van der Waals surface area (Å²) in [5.41, 5.74) is 2.61. The van der Waals surface area contributed by atoms with Crippen molar-refractivity contribution in [2.45, 2.75) is 51.5 Å². The first-order valence-electron chi connectivity index (χ1n) is 11.5. The smallest absolute Gasteiger partial charge is 0.222 e. The van der Waals surface area contributed by atoms with E-state index in [0.29, 0.717) is 18.2 Å². The monoisotopic (exact) mass is 550 g/mol. The van der Waals surface area contributed by atoms with Gasteiger partial charge in [-0.1, -0.05) is 18.2 Å².